The maximum atomic E-state index is 13.3. The molecule has 1 aliphatic carbocycles. The SMILES string of the molecule is Nc1cc(Cl)nccc2c(-c3ccc(F)cc3)nn(CC3CC3)c2[nH]1. The molecule has 2 aromatic heterocycles. The normalized spacial score (nSPS) is 13.8. The molecule has 1 saturated carbocycles. The van der Waals surface area contributed by atoms with Crippen molar-refractivity contribution in [1.29, 1.82) is 0 Å². The van der Waals surface area contributed by atoms with E-state index in [2.05, 4.69) is 9.97 Å². The fourth-order valence-electron chi connectivity index (χ4n) is 2.78. The quantitative estimate of drug-likeness (QED) is 0.732. The minimum absolute atomic E-state index is 0.280. The number of benzene rings is 1. The number of rotatable bonds is 3. The zero-order valence-electron chi connectivity index (χ0n) is 13.4. The second kappa shape index (κ2) is 6.37. The minimum Gasteiger partial charge on any atom is -0.385 e. The van der Waals surface area contributed by atoms with E-state index in [1.54, 1.807) is 24.4 Å². The van der Waals surface area contributed by atoms with Crippen LogP contribution in [0.4, 0.5) is 10.2 Å². The summed E-state index contributed by atoms with van der Waals surface area (Å²) in [6.45, 7) is 0.812. The van der Waals surface area contributed by atoms with Crippen molar-refractivity contribution in [3.05, 3.63) is 53.6 Å². The van der Waals surface area contributed by atoms with Gasteiger partial charge in [0.1, 0.15) is 28.1 Å². The Morgan fingerprint density at radius 2 is 2.00 bits per heavy atom. The van der Waals surface area contributed by atoms with Crippen molar-refractivity contribution in [3.8, 4) is 11.3 Å². The van der Waals surface area contributed by atoms with Crippen molar-refractivity contribution in [2.45, 2.75) is 19.4 Å². The van der Waals surface area contributed by atoms with Gasteiger partial charge in [0, 0.05) is 29.8 Å². The molecule has 2 heterocycles. The number of H-pyrrole nitrogens is 1. The number of aromatic amines is 1. The topological polar surface area (TPSA) is 72.5 Å². The number of nitrogens with one attached hydrogen (secondary N) is 1. The molecule has 3 N–H and O–H groups in total. The molecule has 25 heavy (non-hydrogen) atoms. The summed E-state index contributed by atoms with van der Waals surface area (Å²) >= 11 is 6.02. The number of anilines is 1. The third-order valence-corrected chi connectivity index (χ3v) is 4.42. The summed E-state index contributed by atoms with van der Waals surface area (Å²) in [6, 6.07) is 9.69. The lowest BCUT2D eigenvalue weighted by molar-refractivity contribution is 0.578. The molecule has 0 radical (unpaired) electrons. The van der Waals surface area contributed by atoms with Crippen LogP contribution in [0.5, 0.6) is 0 Å². The highest BCUT2D eigenvalue weighted by Crippen LogP contribution is 2.33. The molecule has 1 aromatic carbocycles. The third kappa shape index (κ3) is 3.44. The third-order valence-electron chi connectivity index (χ3n) is 4.21. The molecular weight excluding hydrogens is 341 g/mol. The average molecular weight is 358 g/mol. The van der Waals surface area contributed by atoms with Gasteiger partial charge in [-0.1, -0.05) is 11.6 Å². The van der Waals surface area contributed by atoms with Crippen LogP contribution in [-0.4, -0.2) is 19.7 Å². The number of nitrogen functional groups attached to an aromatic ring is 1. The summed E-state index contributed by atoms with van der Waals surface area (Å²) in [4.78, 5) is 7.32. The van der Waals surface area contributed by atoms with Gasteiger partial charge in [-0.15, -0.1) is 0 Å². The summed E-state index contributed by atoms with van der Waals surface area (Å²) in [6.07, 6.45) is 4.03. The highest BCUT2D eigenvalue weighted by atomic mass is 35.5. The fourth-order valence-corrected chi connectivity index (χ4v) is 2.96. The van der Waals surface area contributed by atoms with Crippen LogP contribution in [0.25, 0.3) is 22.3 Å². The molecule has 7 heteroatoms. The van der Waals surface area contributed by atoms with E-state index in [9.17, 15) is 4.39 Å². The minimum atomic E-state index is -0.280. The predicted octanol–water partition coefficient (Wildman–Crippen LogP) is 4.34. The van der Waals surface area contributed by atoms with E-state index in [4.69, 9.17) is 22.4 Å². The van der Waals surface area contributed by atoms with Gasteiger partial charge in [-0.3, -0.25) is 0 Å². The highest BCUT2D eigenvalue weighted by Gasteiger charge is 2.24. The Kier molecular flexibility index (Phi) is 4.05. The van der Waals surface area contributed by atoms with Gasteiger partial charge in [0.25, 0.3) is 0 Å². The van der Waals surface area contributed by atoms with Crippen molar-refractivity contribution >= 4 is 28.5 Å². The number of halogens is 2. The molecule has 0 spiro atoms. The van der Waals surface area contributed by atoms with Gasteiger partial charge in [-0.2, -0.15) is 5.10 Å². The largest absolute Gasteiger partial charge is 0.385 e. The number of nitrogens with two attached hydrogens (primary N) is 1. The van der Waals surface area contributed by atoms with Crippen molar-refractivity contribution < 1.29 is 4.39 Å². The second-order valence-corrected chi connectivity index (χ2v) is 6.62. The first kappa shape index (κ1) is 15.9. The van der Waals surface area contributed by atoms with Crippen molar-refractivity contribution in [3.63, 3.8) is 0 Å². The molecule has 0 aliphatic heterocycles. The molecular formula is C18H17ClFN5. The lowest BCUT2D eigenvalue weighted by Crippen LogP contribution is -2.03. The van der Waals surface area contributed by atoms with E-state index in [0.717, 1.165) is 28.8 Å². The molecule has 3 aromatic rings. The zero-order chi connectivity index (χ0) is 17.4. The van der Waals surface area contributed by atoms with Gasteiger partial charge in [-0.05, 0) is 49.1 Å². The number of aromatic nitrogens is 4. The molecule has 4 rings (SSSR count). The van der Waals surface area contributed by atoms with Crippen LogP contribution in [0.2, 0.25) is 5.15 Å². The number of nitrogens with zero attached hydrogens (tertiary/aromatic N) is 3. The first-order chi connectivity index (χ1) is 12.1. The maximum absolute atomic E-state index is 13.3. The molecule has 0 bridgehead atoms. The highest BCUT2D eigenvalue weighted by molar-refractivity contribution is 6.29. The Hall–Kier alpha value is -2.60. The first-order valence-electron chi connectivity index (χ1n) is 8.11. The molecule has 5 nitrogen and oxygen atoms in total. The Labute approximate surface area is 149 Å². The van der Waals surface area contributed by atoms with E-state index in [1.807, 2.05) is 10.7 Å². The molecule has 0 atom stereocenters. The number of hydrogen-bond donors (Lipinski definition) is 2. The van der Waals surface area contributed by atoms with Gasteiger partial charge in [0.2, 0.25) is 0 Å². The lowest BCUT2D eigenvalue weighted by Gasteiger charge is -2.01. The van der Waals surface area contributed by atoms with Crippen LogP contribution in [0, 0.1) is 11.7 Å². The summed E-state index contributed by atoms with van der Waals surface area (Å²) < 4.78 is 15.2. The predicted molar refractivity (Wildman–Crippen MR) is 97.0 cm³/mol. The maximum Gasteiger partial charge on any atom is 0.137 e. The summed E-state index contributed by atoms with van der Waals surface area (Å²) in [5.41, 5.74) is 8.40. The second-order valence-electron chi connectivity index (χ2n) is 6.24. The smallest absolute Gasteiger partial charge is 0.137 e. The van der Waals surface area contributed by atoms with Gasteiger partial charge in [0.05, 0.1) is 0 Å². The van der Waals surface area contributed by atoms with Crippen molar-refractivity contribution in [2.75, 3.05) is 5.73 Å². The summed E-state index contributed by atoms with van der Waals surface area (Å²) in [5, 5.41) is 5.89. The van der Waals surface area contributed by atoms with E-state index in [-0.39, 0.29) is 11.0 Å². The Bertz CT molecular complexity index is 971. The Morgan fingerprint density at radius 3 is 2.72 bits per heavy atom. The standard InChI is InChI=1S/C18H17ClFN5/c19-15-9-16(21)23-18-14(7-8-22-15)17(12-3-5-13(20)6-4-12)24-25(18)10-11-1-2-11/h3-9,11,23H,1-2,10,21H2. The van der Waals surface area contributed by atoms with Crippen LogP contribution < -0.4 is 5.73 Å². The van der Waals surface area contributed by atoms with Crippen LogP contribution in [0.3, 0.4) is 0 Å². The number of hydrogen-bond acceptors (Lipinski definition) is 3. The average Bonchev–Trinajstić information content (AvgIpc) is 3.32. The van der Waals surface area contributed by atoms with Crippen LogP contribution in [0.1, 0.15) is 12.8 Å². The Morgan fingerprint density at radius 1 is 1.24 bits per heavy atom. The molecule has 0 amide bonds. The molecule has 0 unspecified atom stereocenters. The lowest BCUT2D eigenvalue weighted by atomic mass is 10.1. The van der Waals surface area contributed by atoms with Crippen LogP contribution in [-0.2, 0) is 6.54 Å². The van der Waals surface area contributed by atoms with E-state index in [0.29, 0.717) is 11.7 Å². The molecule has 1 fully saturated rings. The summed E-state index contributed by atoms with van der Waals surface area (Å²) in [5.74, 6) is 0.743. The first-order valence-corrected chi connectivity index (χ1v) is 8.49. The van der Waals surface area contributed by atoms with Crippen LogP contribution >= 0.6 is 11.6 Å². The monoisotopic (exact) mass is 357 g/mol. The molecule has 128 valence electrons. The van der Waals surface area contributed by atoms with Gasteiger partial charge >= 0.3 is 0 Å². The van der Waals surface area contributed by atoms with Crippen LogP contribution in [0.15, 0.2) is 42.6 Å². The van der Waals surface area contributed by atoms with Gasteiger partial charge < -0.3 is 10.7 Å². The van der Waals surface area contributed by atoms with Gasteiger partial charge in [-0.25, -0.2) is 14.1 Å². The van der Waals surface area contributed by atoms with E-state index >= 15 is 0 Å². The van der Waals surface area contributed by atoms with Crippen molar-refractivity contribution in [2.24, 2.45) is 5.92 Å². The van der Waals surface area contributed by atoms with Gasteiger partial charge in [0.15, 0.2) is 0 Å². The summed E-state index contributed by atoms with van der Waals surface area (Å²) in [7, 11) is 0. The fraction of sp³-hybridized carbons (Fsp3) is 0.222. The Balaban J connectivity index is 2.00. The zero-order valence-corrected chi connectivity index (χ0v) is 14.2. The van der Waals surface area contributed by atoms with Crippen molar-refractivity contribution in [1.82, 2.24) is 19.7 Å². The van der Waals surface area contributed by atoms with E-state index in [1.165, 1.54) is 25.0 Å². The van der Waals surface area contributed by atoms with E-state index < -0.39 is 0 Å². The molecule has 0 saturated heterocycles. The number of fused-ring (bicyclic) bond motifs is 1. The molecule has 1 aliphatic rings.